The minimum absolute atomic E-state index is 0.154. The minimum atomic E-state index is -0.650. The number of pyridine rings is 1. The second-order valence-electron chi connectivity index (χ2n) is 3.94. The van der Waals surface area contributed by atoms with Gasteiger partial charge in [0.1, 0.15) is 5.75 Å². The summed E-state index contributed by atoms with van der Waals surface area (Å²) in [6.07, 6.45) is 2.46. The van der Waals surface area contributed by atoms with E-state index in [0.717, 1.165) is 0 Å². The Balaban J connectivity index is 2.13. The number of ketones is 1. The third kappa shape index (κ3) is 3.46. The lowest BCUT2D eigenvalue weighted by atomic mass is 10.1. The van der Waals surface area contributed by atoms with Crippen LogP contribution in [-0.4, -0.2) is 16.9 Å². The largest absolute Gasteiger partial charge is 0.481 e. The Morgan fingerprint density at radius 1 is 1.32 bits per heavy atom. The minimum Gasteiger partial charge on any atom is -0.481 e. The van der Waals surface area contributed by atoms with Gasteiger partial charge in [0.15, 0.2) is 6.10 Å². The van der Waals surface area contributed by atoms with Crippen molar-refractivity contribution in [3.8, 4) is 5.75 Å². The van der Waals surface area contributed by atoms with Crippen molar-refractivity contribution in [1.29, 1.82) is 0 Å². The van der Waals surface area contributed by atoms with Gasteiger partial charge in [-0.15, -0.1) is 0 Å². The highest BCUT2D eigenvalue weighted by Gasteiger charge is 2.18. The molecule has 5 heteroatoms. The first kappa shape index (κ1) is 13.8. The van der Waals surface area contributed by atoms with Crippen molar-refractivity contribution in [1.82, 2.24) is 4.98 Å². The van der Waals surface area contributed by atoms with Crippen LogP contribution in [0.2, 0.25) is 10.0 Å². The number of rotatable bonds is 4. The third-order valence-corrected chi connectivity index (χ3v) is 3.04. The number of ether oxygens (including phenoxy) is 1. The highest BCUT2D eigenvalue weighted by molar-refractivity contribution is 6.35. The quantitative estimate of drug-likeness (QED) is 0.799. The van der Waals surface area contributed by atoms with Gasteiger partial charge in [-0.25, -0.2) is 0 Å². The molecular formula is C14H11Cl2NO2. The normalized spacial score (nSPS) is 11.9. The van der Waals surface area contributed by atoms with E-state index in [2.05, 4.69) is 4.98 Å². The number of Topliss-reactive ketones (excluding diaryl/α,β-unsaturated/α-hetero) is 1. The Labute approximate surface area is 121 Å². The van der Waals surface area contributed by atoms with Crippen molar-refractivity contribution in [2.75, 3.05) is 0 Å². The number of benzene rings is 1. The Kier molecular flexibility index (Phi) is 4.40. The lowest BCUT2D eigenvalue weighted by Gasteiger charge is -2.14. The van der Waals surface area contributed by atoms with Crippen molar-refractivity contribution < 1.29 is 9.53 Å². The summed E-state index contributed by atoms with van der Waals surface area (Å²) in [6, 6.07) is 8.26. The Morgan fingerprint density at radius 3 is 2.74 bits per heavy atom. The average Bonchev–Trinajstić information content (AvgIpc) is 2.42. The zero-order valence-corrected chi connectivity index (χ0v) is 11.7. The van der Waals surface area contributed by atoms with Crippen LogP contribution >= 0.6 is 23.2 Å². The second-order valence-corrected chi connectivity index (χ2v) is 4.78. The molecule has 0 aliphatic heterocycles. The van der Waals surface area contributed by atoms with Crippen LogP contribution in [0.5, 0.6) is 5.75 Å². The molecule has 98 valence electrons. The zero-order chi connectivity index (χ0) is 13.8. The molecule has 1 heterocycles. The van der Waals surface area contributed by atoms with Gasteiger partial charge in [-0.1, -0.05) is 23.2 Å². The van der Waals surface area contributed by atoms with Crippen LogP contribution in [0.3, 0.4) is 0 Å². The Bertz CT molecular complexity index is 587. The van der Waals surface area contributed by atoms with E-state index in [0.29, 0.717) is 21.4 Å². The van der Waals surface area contributed by atoms with Gasteiger partial charge in [-0.05, 0) is 37.3 Å². The molecule has 0 fully saturated rings. The van der Waals surface area contributed by atoms with E-state index >= 15 is 0 Å². The number of hydrogen-bond acceptors (Lipinski definition) is 3. The van der Waals surface area contributed by atoms with Crippen molar-refractivity contribution in [2.24, 2.45) is 0 Å². The summed E-state index contributed by atoms with van der Waals surface area (Å²) >= 11 is 11.8. The van der Waals surface area contributed by atoms with Crippen molar-refractivity contribution >= 4 is 29.0 Å². The fourth-order valence-electron chi connectivity index (χ4n) is 1.56. The number of nitrogens with zero attached hydrogens (tertiary/aromatic N) is 1. The molecule has 2 rings (SSSR count). The van der Waals surface area contributed by atoms with Crippen LogP contribution in [0, 0.1) is 0 Å². The van der Waals surface area contributed by atoms with Gasteiger partial charge in [0.25, 0.3) is 0 Å². The van der Waals surface area contributed by atoms with Crippen molar-refractivity contribution in [3.63, 3.8) is 0 Å². The van der Waals surface area contributed by atoms with Crippen molar-refractivity contribution in [2.45, 2.75) is 13.0 Å². The standard InChI is InChI=1S/C14H11Cl2NO2/c1-9(14(18)10-3-2-6-17-8-10)19-13-5-4-11(15)7-12(13)16/h2-9H,1H3. The Hall–Kier alpha value is -1.58. The maximum atomic E-state index is 12.1. The average molecular weight is 296 g/mol. The highest BCUT2D eigenvalue weighted by atomic mass is 35.5. The molecule has 0 N–H and O–H groups in total. The maximum absolute atomic E-state index is 12.1. The molecule has 0 amide bonds. The summed E-state index contributed by atoms with van der Waals surface area (Å²) in [5.41, 5.74) is 0.500. The first-order valence-electron chi connectivity index (χ1n) is 5.64. The van der Waals surface area contributed by atoms with Gasteiger partial charge in [0.2, 0.25) is 5.78 Å². The summed E-state index contributed by atoms with van der Waals surface area (Å²) in [5, 5.41) is 0.891. The van der Waals surface area contributed by atoms with Crippen LogP contribution in [0.1, 0.15) is 17.3 Å². The molecule has 19 heavy (non-hydrogen) atoms. The fraction of sp³-hybridized carbons (Fsp3) is 0.143. The molecule has 0 spiro atoms. The van der Waals surface area contributed by atoms with E-state index in [1.54, 1.807) is 43.5 Å². The van der Waals surface area contributed by atoms with Crippen molar-refractivity contribution in [3.05, 3.63) is 58.3 Å². The lowest BCUT2D eigenvalue weighted by molar-refractivity contribution is 0.0818. The Morgan fingerprint density at radius 2 is 2.11 bits per heavy atom. The van der Waals surface area contributed by atoms with Gasteiger partial charge < -0.3 is 4.74 Å². The number of carbonyl (C=O) groups is 1. The van der Waals surface area contributed by atoms with Crippen LogP contribution in [0.25, 0.3) is 0 Å². The fourth-order valence-corrected chi connectivity index (χ4v) is 2.01. The number of aromatic nitrogens is 1. The summed E-state index contributed by atoms with van der Waals surface area (Å²) in [7, 11) is 0. The van der Waals surface area contributed by atoms with Gasteiger partial charge in [0, 0.05) is 23.0 Å². The number of carbonyl (C=O) groups excluding carboxylic acids is 1. The third-order valence-electron chi connectivity index (χ3n) is 2.51. The van der Waals surface area contributed by atoms with Gasteiger partial charge in [-0.3, -0.25) is 9.78 Å². The lowest BCUT2D eigenvalue weighted by Crippen LogP contribution is -2.24. The first-order chi connectivity index (χ1) is 9.08. The van der Waals surface area contributed by atoms with E-state index in [4.69, 9.17) is 27.9 Å². The van der Waals surface area contributed by atoms with Gasteiger partial charge in [0.05, 0.1) is 5.02 Å². The van der Waals surface area contributed by atoms with Crippen LogP contribution < -0.4 is 4.74 Å². The molecule has 1 unspecified atom stereocenters. The SMILES string of the molecule is CC(Oc1ccc(Cl)cc1Cl)C(=O)c1cccnc1. The topological polar surface area (TPSA) is 39.2 Å². The monoisotopic (exact) mass is 295 g/mol. The highest BCUT2D eigenvalue weighted by Crippen LogP contribution is 2.28. The molecule has 1 aromatic carbocycles. The molecule has 0 saturated carbocycles. The van der Waals surface area contributed by atoms with Crippen LogP contribution in [-0.2, 0) is 0 Å². The van der Waals surface area contributed by atoms with Crippen LogP contribution in [0.15, 0.2) is 42.7 Å². The van der Waals surface area contributed by atoms with E-state index in [1.807, 2.05) is 0 Å². The maximum Gasteiger partial charge on any atom is 0.204 e. The number of hydrogen-bond donors (Lipinski definition) is 0. The van der Waals surface area contributed by atoms with Gasteiger partial charge in [-0.2, -0.15) is 0 Å². The molecule has 0 saturated heterocycles. The molecule has 0 radical (unpaired) electrons. The van der Waals surface area contributed by atoms with E-state index < -0.39 is 6.10 Å². The van der Waals surface area contributed by atoms with E-state index in [9.17, 15) is 4.79 Å². The van der Waals surface area contributed by atoms with Crippen LogP contribution in [0.4, 0.5) is 0 Å². The molecule has 1 atom stereocenters. The molecule has 3 nitrogen and oxygen atoms in total. The van der Waals surface area contributed by atoms with Gasteiger partial charge >= 0.3 is 0 Å². The molecule has 1 aromatic heterocycles. The first-order valence-corrected chi connectivity index (χ1v) is 6.39. The smallest absolute Gasteiger partial charge is 0.204 e. The predicted molar refractivity (Wildman–Crippen MR) is 75.1 cm³/mol. The number of halogens is 2. The summed E-state index contributed by atoms with van der Waals surface area (Å²) in [5.74, 6) is 0.273. The van der Waals surface area contributed by atoms with E-state index in [-0.39, 0.29) is 5.78 Å². The molecule has 0 aliphatic rings. The zero-order valence-electron chi connectivity index (χ0n) is 10.1. The molecule has 0 bridgehead atoms. The molecule has 0 aliphatic carbocycles. The second kappa shape index (κ2) is 6.04. The summed E-state index contributed by atoms with van der Waals surface area (Å²) in [6.45, 7) is 1.67. The summed E-state index contributed by atoms with van der Waals surface area (Å²) in [4.78, 5) is 16.0. The molecular weight excluding hydrogens is 285 g/mol. The van der Waals surface area contributed by atoms with E-state index in [1.165, 1.54) is 6.20 Å². The predicted octanol–water partition coefficient (Wildman–Crippen LogP) is 4.04. The summed E-state index contributed by atoms with van der Waals surface area (Å²) < 4.78 is 5.55. The molecule has 2 aromatic rings.